The van der Waals surface area contributed by atoms with Crippen LogP contribution in [0.2, 0.25) is 0 Å². The Kier molecular flexibility index (Phi) is 6.05. The normalized spacial score (nSPS) is 11.0. The van der Waals surface area contributed by atoms with Crippen molar-refractivity contribution in [2.45, 2.75) is 40.2 Å². The summed E-state index contributed by atoms with van der Waals surface area (Å²) in [6.07, 6.45) is -1.34. The number of rotatable bonds is 7. The number of nitrogens with one attached hydrogen (secondary N) is 1. The molecule has 0 aromatic heterocycles. The van der Waals surface area contributed by atoms with Crippen LogP contribution in [0, 0.1) is 13.8 Å². The lowest BCUT2D eigenvalue weighted by molar-refractivity contribution is 0.0812. The molecule has 102 valence electrons. The molecule has 0 saturated carbocycles. The van der Waals surface area contributed by atoms with Crippen molar-refractivity contribution in [2.24, 2.45) is 0 Å². The molecule has 0 radical (unpaired) electrons. The molecular weight excluding hydrogens is 236 g/mol. The highest BCUT2D eigenvalue weighted by Gasteiger charge is 2.09. The van der Waals surface area contributed by atoms with Crippen LogP contribution in [0.3, 0.4) is 0 Å². The Labute approximate surface area is 107 Å². The van der Waals surface area contributed by atoms with Gasteiger partial charge in [0, 0.05) is 6.54 Å². The topological polar surface area (TPSA) is 21.3 Å². The highest BCUT2D eigenvalue weighted by molar-refractivity contribution is 5.43. The highest BCUT2D eigenvalue weighted by atomic mass is 19.3. The van der Waals surface area contributed by atoms with Crippen LogP contribution in [0.5, 0.6) is 5.75 Å². The summed E-state index contributed by atoms with van der Waals surface area (Å²) in [7, 11) is 0. The van der Waals surface area contributed by atoms with Gasteiger partial charge in [0.15, 0.2) is 0 Å². The van der Waals surface area contributed by atoms with Gasteiger partial charge in [0.2, 0.25) is 0 Å². The summed E-state index contributed by atoms with van der Waals surface area (Å²) in [6.45, 7) is 7.11. The van der Waals surface area contributed by atoms with Crippen LogP contribution >= 0.6 is 0 Å². The minimum Gasteiger partial charge on any atom is -0.487 e. The van der Waals surface area contributed by atoms with Crippen LogP contribution in [0.4, 0.5) is 8.78 Å². The number of hydrogen-bond donors (Lipinski definition) is 1. The molecule has 0 spiro atoms. The van der Waals surface area contributed by atoms with Gasteiger partial charge in [-0.2, -0.15) is 0 Å². The summed E-state index contributed by atoms with van der Waals surface area (Å²) >= 11 is 0. The monoisotopic (exact) mass is 257 g/mol. The average molecular weight is 257 g/mol. The van der Waals surface area contributed by atoms with Gasteiger partial charge in [-0.3, -0.25) is 0 Å². The van der Waals surface area contributed by atoms with Crippen molar-refractivity contribution in [1.29, 1.82) is 0 Å². The van der Waals surface area contributed by atoms with E-state index in [2.05, 4.69) is 12.2 Å². The Morgan fingerprint density at radius 3 is 2.33 bits per heavy atom. The fourth-order valence-corrected chi connectivity index (χ4v) is 1.93. The van der Waals surface area contributed by atoms with Crippen LogP contribution < -0.4 is 10.1 Å². The summed E-state index contributed by atoms with van der Waals surface area (Å²) in [5, 5.41) is 3.31. The van der Waals surface area contributed by atoms with Gasteiger partial charge in [-0.1, -0.05) is 19.1 Å². The molecule has 1 N–H and O–H groups in total. The predicted molar refractivity (Wildman–Crippen MR) is 69.4 cm³/mol. The van der Waals surface area contributed by atoms with Gasteiger partial charge in [-0.25, -0.2) is 8.78 Å². The SMILES string of the molecule is CCCNCc1cc(C)c(OCC(F)F)c(C)c1. The maximum atomic E-state index is 12.1. The van der Waals surface area contributed by atoms with E-state index in [1.807, 2.05) is 26.0 Å². The Morgan fingerprint density at radius 1 is 1.22 bits per heavy atom. The molecule has 1 rings (SSSR count). The number of halogens is 2. The minimum atomic E-state index is -2.44. The first kappa shape index (κ1) is 14.9. The first-order valence-electron chi connectivity index (χ1n) is 6.26. The molecule has 2 nitrogen and oxygen atoms in total. The molecular formula is C14H21F2NO. The number of aryl methyl sites for hydroxylation is 2. The zero-order chi connectivity index (χ0) is 13.5. The molecule has 4 heteroatoms. The molecule has 0 aliphatic rings. The maximum Gasteiger partial charge on any atom is 0.272 e. The zero-order valence-electron chi connectivity index (χ0n) is 11.2. The predicted octanol–water partition coefficient (Wildman–Crippen LogP) is 3.45. The largest absolute Gasteiger partial charge is 0.487 e. The molecule has 0 heterocycles. The maximum absolute atomic E-state index is 12.1. The molecule has 0 saturated heterocycles. The zero-order valence-corrected chi connectivity index (χ0v) is 11.2. The van der Waals surface area contributed by atoms with Gasteiger partial charge < -0.3 is 10.1 Å². The Bertz CT molecular complexity index is 357. The second kappa shape index (κ2) is 7.31. The van der Waals surface area contributed by atoms with Crippen molar-refractivity contribution >= 4 is 0 Å². The van der Waals surface area contributed by atoms with Crippen LogP contribution in [0.15, 0.2) is 12.1 Å². The van der Waals surface area contributed by atoms with Crippen LogP contribution in [-0.2, 0) is 6.54 Å². The molecule has 0 bridgehead atoms. The molecule has 0 aliphatic carbocycles. The fraction of sp³-hybridized carbons (Fsp3) is 0.571. The number of benzene rings is 1. The molecule has 0 fully saturated rings. The molecule has 0 amide bonds. The molecule has 0 aliphatic heterocycles. The average Bonchev–Trinajstić information content (AvgIpc) is 2.28. The molecule has 1 aromatic carbocycles. The van der Waals surface area contributed by atoms with Gasteiger partial charge in [0.1, 0.15) is 12.4 Å². The van der Waals surface area contributed by atoms with Gasteiger partial charge in [-0.05, 0) is 43.5 Å². The molecule has 1 aromatic rings. The quantitative estimate of drug-likeness (QED) is 0.755. The van der Waals surface area contributed by atoms with Gasteiger partial charge in [-0.15, -0.1) is 0 Å². The van der Waals surface area contributed by atoms with Crippen molar-refractivity contribution in [2.75, 3.05) is 13.2 Å². The van der Waals surface area contributed by atoms with E-state index in [1.54, 1.807) is 0 Å². The lowest BCUT2D eigenvalue weighted by Gasteiger charge is -2.14. The first-order chi connectivity index (χ1) is 8.54. The van der Waals surface area contributed by atoms with Gasteiger partial charge in [0.25, 0.3) is 6.43 Å². The lowest BCUT2D eigenvalue weighted by Crippen LogP contribution is -2.14. The Hall–Kier alpha value is -1.16. The van der Waals surface area contributed by atoms with Crippen molar-refractivity contribution in [3.8, 4) is 5.75 Å². The number of hydrogen-bond acceptors (Lipinski definition) is 2. The van der Waals surface area contributed by atoms with Crippen LogP contribution in [0.1, 0.15) is 30.0 Å². The van der Waals surface area contributed by atoms with E-state index in [-0.39, 0.29) is 0 Å². The third kappa shape index (κ3) is 4.61. The molecule has 0 atom stereocenters. The minimum absolute atomic E-state index is 0.547. The Balaban J connectivity index is 2.71. The summed E-state index contributed by atoms with van der Waals surface area (Å²) in [5.74, 6) is 0.578. The van der Waals surface area contributed by atoms with E-state index >= 15 is 0 Å². The first-order valence-corrected chi connectivity index (χ1v) is 6.26. The molecule has 0 unspecified atom stereocenters. The van der Waals surface area contributed by atoms with Gasteiger partial charge in [0.05, 0.1) is 0 Å². The van der Waals surface area contributed by atoms with Crippen molar-refractivity contribution in [1.82, 2.24) is 5.32 Å². The summed E-state index contributed by atoms with van der Waals surface area (Å²) in [6, 6.07) is 3.97. The van der Waals surface area contributed by atoms with Crippen molar-refractivity contribution < 1.29 is 13.5 Å². The van der Waals surface area contributed by atoms with Gasteiger partial charge >= 0.3 is 0 Å². The smallest absolute Gasteiger partial charge is 0.272 e. The van der Waals surface area contributed by atoms with Crippen LogP contribution in [-0.4, -0.2) is 19.6 Å². The molecule has 18 heavy (non-hydrogen) atoms. The second-order valence-electron chi connectivity index (χ2n) is 4.44. The van der Waals surface area contributed by atoms with Crippen molar-refractivity contribution in [3.05, 3.63) is 28.8 Å². The van der Waals surface area contributed by atoms with Crippen molar-refractivity contribution in [3.63, 3.8) is 0 Å². The third-order valence-electron chi connectivity index (χ3n) is 2.63. The van der Waals surface area contributed by atoms with E-state index in [9.17, 15) is 8.78 Å². The van der Waals surface area contributed by atoms with E-state index in [0.717, 1.165) is 36.2 Å². The summed E-state index contributed by atoms with van der Waals surface area (Å²) in [5.41, 5.74) is 2.97. The van der Waals surface area contributed by atoms with E-state index in [0.29, 0.717) is 5.75 Å². The fourth-order valence-electron chi connectivity index (χ4n) is 1.93. The number of alkyl halides is 2. The summed E-state index contributed by atoms with van der Waals surface area (Å²) < 4.78 is 29.4. The summed E-state index contributed by atoms with van der Waals surface area (Å²) in [4.78, 5) is 0. The lowest BCUT2D eigenvalue weighted by atomic mass is 10.1. The highest BCUT2D eigenvalue weighted by Crippen LogP contribution is 2.25. The Morgan fingerprint density at radius 2 is 1.83 bits per heavy atom. The van der Waals surface area contributed by atoms with E-state index in [1.165, 1.54) is 0 Å². The van der Waals surface area contributed by atoms with Crippen LogP contribution in [0.25, 0.3) is 0 Å². The third-order valence-corrected chi connectivity index (χ3v) is 2.63. The van der Waals surface area contributed by atoms with E-state index in [4.69, 9.17) is 4.74 Å². The standard InChI is InChI=1S/C14H21F2NO/c1-4-5-17-8-12-6-10(2)14(11(3)7-12)18-9-13(15)16/h6-7,13,17H,4-5,8-9H2,1-3H3. The van der Waals surface area contributed by atoms with E-state index < -0.39 is 13.0 Å². The number of ether oxygens (including phenoxy) is 1. The second-order valence-corrected chi connectivity index (χ2v) is 4.44.